The summed E-state index contributed by atoms with van der Waals surface area (Å²) in [7, 11) is 0. The minimum atomic E-state index is -0.292. The van der Waals surface area contributed by atoms with Gasteiger partial charge in [-0.15, -0.1) is 3.28 Å². The summed E-state index contributed by atoms with van der Waals surface area (Å²) in [5, 5.41) is 0. The predicted octanol–water partition coefficient (Wildman–Crippen LogP) is 1.98. The van der Waals surface area contributed by atoms with E-state index < -0.39 is 0 Å². The molecule has 6 heteroatoms. The number of hydrogen-bond donors (Lipinski definition) is 2. The largest absolute Gasteiger partial charge is 0.380 e. The summed E-state index contributed by atoms with van der Waals surface area (Å²) >= 11 is 2.18. The topological polar surface area (TPSA) is 59.8 Å². The van der Waals surface area contributed by atoms with Crippen LogP contribution in [-0.2, 0) is 9.57 Å². The number of hydrazine groups is 1. The molecule has 3 N–H and O–H groups in total. The van der Waals surface area contributed by atoms with Gasteiger partial charge in [0.15, 0.2) is 0 Å². The Morgan fingerprint density at radius 3 is 2.29 bits per heavy atom. The monoisotopic (exact) mass is 357 g/mol. The zero-order chi connectivity index (χ0) is 12.9. The average Bonchev–Trinajstić information content (AvgIpc) is 2.31. The molecule has 1 saturated heterocycles. The van der Waals surface area contributed by atoms with Crippen molar-refractivity contribution in [3.8, 4) is 0 Å². The highest BCUT2D eigenvalue weighted by molar-refractivity contribution is 14.1. The summed E-state index contributed by atoms with van der Waals surface area (Å²) in [6, 6.07) is 0. The summed E-state index contributed by atoms with van der Waals surface area (Å²) < 4.78 is 7.12. The first-order valence-corrected chi connectivity index (χ1v) is 7.19. The van der Waals surface area contributed by atoms with Crippen molar-refractivity contribution < 1.29 is 9.57 Å². The number of nitrogens with zero attached hydrogens (tertiary/aromatic N) is 1. The average molecular weight is 357 g/mol. The highest BCUT2D eigenvalue weighted by atomic mass is 127. The van der Waals surface area contributed by atoms with Gasteiger partial charge in [0.2, 0.25) is 0 Å². The maximum atomic E-state index is 5.88. The van der Waals surface area contributed by atoms with E-state index >= 15 is 0 Å². The summed E-state index contributed by atoms with van der Waals surface area (Å²) in [5.74, 6) is 5.65. The normalized spacial score (nSPS) is 19.4. The van der Waals surface area contributed by atoms with E-state index in [2.05, 4.69) is 49.1 Å². The molecule has 0 bridgehead atoms. The Hall–Kier alpha value is 0.530. The standard InChI is InChI=1S/C11H24IN3O2/c1-4-10(7-16-8-10)9-17-15(12)11(5-2,6-3)14-13/h14H,4-9,13H2,1-3H3. The fourth-order valence-corrected chi connectivity index (χ4v) is 2.81. The molecule has 1 rings (SSSR count). The summed E-state index contributed by atoms with van der Waals surface area (Å²) in [4.78, 5) is 5.88. The van der Waals surface area contributed by atoms with Crippen LogP contribution in [0.1, 0.15) is 40.0 Å². The maximum Gasteiger partial charge on any atom is 0.117 e. The van der Waals surface area contributed by atoms with Gasteiger partial charge in [-0.1, -0.05) is 20.8 Å². The van der Waals surface area contributed by atoms with Crippen LogP contribution in [0.25, 0.3) is 0 Å². The molecule has 0 saturated carbocycles. The number of hydrogen-bond acceptors (Lipinski definition) is 5. The Morgan fingerprint density at radius 2 is 2.00 bits per heavy atom. The predicted molar refractivity (Wildman–Crippen MR) is 76.0 cm³/mol. The summed E-state index contributed by atoms with van der Waals surface area (Å²) in [5.41, 5.74) is 2.78. The highest BCUT2D eigenvalue weighted by Gasteiger charge is 2.40. The fraction of sp³-hybridized carbons (Fsp3) is 1.00. The van der Waals surface area contributed by atoms with E-state index in [-0.39, 0.29) is 11.1 Å². The second kappa shape index (κ2) is 6.63. The van der Waals surface area contributed by atoms with Crippen molar-refractivity contribution in [2.75, 3.05) is 19.8 Å². The molecular weight excluding hydrogens is 333 g/mol. The Morgan fingerprint density at radius 1 is 1.41 bits per heavy atom. The van der Waals surface area contributed by atoms with Crippen molar-refractivity contribution in [2.24, 2.45) is 11.3 Å². The minimum absolute atomic E-state index is 0.200. The molecule has 0 aromatic rings. The van der Waals surface area contributed by atoms with Crippen LogP contribution in [-0.4, -0.2) is 28.8 Å². The van der Waals surface area contributed by atoms with Gasteiger partial charge in [0.25, 0.3) is 0 Å². The molecule has 1 aliphatic heterocycles. The van der Waals surface area contributed by atoms with Crippen LogP contribution in [0.5, 0.6) is 0 Å². The first-order chi connectivity index (χ1) is 8.08. The molecule has 1 fully saturated rings. The smallest absolute Gasteiger partial charge is 0.117 e. The molecule has 0 atom stereocenters. The third-order valence-corrected chi connectivity index (χ3v) is 5.03. The number of ether oxygens (including phenoxy) is 1. The van der Waals surface area contributed by atoms with Crippen LogP contribution in [0, 0.1) is 5.41 Å². The maximum absolute atomic E-state index is 5.88. The van der Waals surface area contributed by atoms with Gasteiger partial charge < -0.3 is 4.74 Å². The van der Waals surface area contributed by atoms with Gasteiger partial charge in [-0.2, -0.15) is 0 Å². The molecule has 0 spiro atoms. The molecule has 0 amide bonds. The third-order valence-electron chi connectivity index (χ3n) is 3.83. The van der Waals surface area contributed by atoms with E-state index in [1.807, 2.05) is 3.28 Å². The molecule has 102 valence electrons. The number of nitrogens with one attached hydrogen (secondary N) is 1. The first-order valence-electron chi connectivity index (χ1n) is 6.22. The van der Waals surface area contributed by atoms with Gasteiger partial charge in [0.05, 0.1) is 42.7 Å². The Kier molecular flexibility index (Phi) is 6.07. The van der Waals surface area contributed by atoms with Crippen LogP contribution in [0.3, 0.4) is 0 Å². The van der Waals surface area contributed by atoms with Gasteiger partial charge >= 0.3 is 0 Å². The Labute approximate surface area is 118 Å². The van der Waals surface area contributed by atoms with Gasteiger partial charge in [0, 0.05) is 5.41 Å². The molecule has 5 nitrogen and oxygen atoms in total. The van der Waals surface area contributed by atoms with Gasteiger partial charge in [-0.05, 0) is 19.3 Å². The zero-order valence-corrected chi connectivity index (χ0v) is 13.1. The Bertz CT molecular complexity index is 219. The number of halogens is 1. The third kappa shape index (κ3) is 3.30. The van der Waals surface area contributed by atoms with Crippen molar-refractivity contribution in [3.05, 3.63) is 0 Å². The molecular formula is C11H24IN3O2. The Balaban J connectivity index is 2.49. The lowest BCUT2D eigenvalue weighted by Gasteiger charge is -2.43. The lowest BCUT2D eigenvalue weighted by Crippen LogP contribution is -2.58. The van der Waals surface area contributed by atoms with Crippen molar-refractivity contribution in [2.45, 2.75) is 45.7 Å². The van der Waals surface area contributed by atoms with E-state index in [4.69, 9.17) is 15.4 Å². The molecule has 0 unspecified atom stereocenters. The zero-order valence-electron chi connectivity index (χ0n) is 11.0. The molecule has 1 aliphatic rings. The quantitative estimate of drug-likeness (QED) is 0.229. The van der Waals surface area contributed by atoms with Crippen molar-refractivity contribution in [1.29, 1.82) is 0 Å². The summed E-state index contributed by atoms with van der Waals surface area (Å²) in [6.07, 6.45) is 2.86. The number of rotatable bonds is 8. The molecule has 0 radical (unpaired) electrons. The number of nitrogens with two attached hydrogens (primary N) is 1. The van der Waals surface area contributed by atoms with Crippen molar-refractivity contribution in [1.82, 2.24) is 8.70 Å². The van der Waals surface area contributed by atoms with Gasteiger partial charge in [-0.3, -0.25) is 10.7 Å². The molecule has 17 heavy (non-hydrogen) atoms. The first kappa shape index (κ1) is 15.6. The van der Waals surface area contributed by atoms with Crippen molar-refractivity contribution in [3.63, 3.8) is 0 Å². The molecule has 1 heterocycles. The second-order valence-electron chi connectivity index (χ2n) is 4.75. The van der Waals surface area contributed by atoms with Crippen LogP contribution in [0.15, 0.2) is 0 Å². The fourth-order valence-electron chi connectivity index (χ4n) is 1.85. The summed E-state index contributed by atoms with van der Waals surface area (Å²) in [6.45, 7) is 8.67. The van der Waals surface area contributed by atoms with E-state index in [0.29, 0.717) is 6.61 Å². The second-order valence-corrected chi connectivity index (χ2v) is 5.62. The molecule has 0 aromatic carbocycles. The van der Waals surface area contributed by atoms with E-state index in [0.717, 1.165) is 32.5 Å². The van der Waals surface area contributed by atoms with E-state index in [1.165, 1.54) is 0 Å². The van der Waals surface area contributed by atoms with Crippen LogP contribution < -0.4 is 11.3 Å². The minimum Gasteiger partial charge on any atom is -0.380 e. The van der Waals surface area contributed by atoms with Crippen LogP contribution >= 0.6 is 22.9 Å². The molecule has 0 aromatic heterocycles. The van der Waals surface area contributed by atoms with Crippen LogP contribution in [0.2, 0.25) is 0 Å². The van der Waals surface area contributed by atoms with Crippen LogP contribution in [0.4, 0.5) is 0 Å². The van der Waals surface area contributed by atoms with Gasteiger partial charge in [-0.25, -0.2) is 5.43 Å². The van der Waals surface area contributed by atoms with E-state index in [1.54, 1.807) is 0 Å². The number of hydroxylamine groups is 1. The lowest BCUT2D eigenvalue weighted by molar-refractivity contribution is -0.216. The highest BCUT2D eigenvalue weighted by Crippen LogP contribution is 2.33. The SMILES string of the molecule is CCC1(CON(I)C(CC)(CC)NN)COC1. The van der Waals surface area contributed by atoms with Crippen molar-refractivity contribution >= 4 is 22.9 Å². The lowest BCUT2D eigenvalue weighted by atomic mass is 9.84. The van der Waals surface area contributed by atoms with Gasteiger partial charge in [0.1, 0.15) is 5.66 Å². The molecule has 0 aliphatic carbocycles. The van der Waals surface area contributed by atoms with E-state index in [9.17, 15) is 0 Å².